The van der Waals surface area contributed by atoms with Gasteiger partial charge in [-0.05, 0) is 25.5 Å². The largest absolute Gasteiger partial charge is 0.490 e. The normalized spacial score (nSPS) is 10.4. The Balaban J connectivity index is 2.95. The minimum atomic E-state index is -2.82. The molecule has 0 fully saturated rings. The van der Waals surface area contributed by atoms with E-state index in [-0.39, 0.29) is 5.75 Å². The van der Waals surface area contributed by atoms with Gasteiger partial charge in [-0.25, -0.2) is 0 Å². The number of hydrogen-bond donors (Lipinski definition) is 0. The van der Waals surface area contributed by atoms with Gasteiger partial charge in [0.1, 0.15) is 0 Å². The molecule has 78 valence electrons. The highest BCUT2D eigenvalue weighted by atomic mass is 19.3. The Hall–Kier alpha value is -1.32. The maximum atomic E-state index is 12.0. The van der Waals surface area contributed by atoms with Crippen molar-refractivity contribution in [2.45, 2.75) is 20.5 Å². The number of para-hydroxylation sites is 1. The molecule has 0 heterocycles. The molecule has 0 saturated carbocycles. The number of alkyl halides is 2. The van der Waals surface area contributed by atoms with E-state index in [2.05, 4.69) is 4.74 Å². The molecule has 4 heteroatoms. The van der Waals surface area contributed by atoms with Gasteiger partial charge in [0.25, 0.3) is 0 Å². The fourth-order valence-corrected chi connectivity index (χ4v) is 1.14. The van der Waals surface area contributed by atoms with Crippen LogP contribution in [0.5, 0.6) is 11.5 Å². The van der Waals surface area contributed by atoms with Gasteiger partial charge in [0.2, 0.25) is 0 Å². The lowest BCUT2D eigenvalue weighted by Crippen LogP contribution is -2.05. The number of ether oxygens (including phenoxy) is 2. The van der Waals surface area contributed by atoms with Gasteiger partial charge in [-0.3, -0.25) is 0 Å². The van der Waals surface area contributed by atoms with Crippen LogP contribution in [0, 0.1) is 6.92 Å². The van der Waals surface area contributed by atoms with Crippen LogP contribution in [-0.4, -0.2) is 13.2 Å². The summed E-state index contributed by atoms with van der Waals surface area (Å²) in [5.74, 6) is 0.470. The van der Waals surface area contributed by atoms with Crippen LogP contribution >= 0.6 is 0 Å². The van der Waals surface area contributed by atoms with E-state index in [0.29, 0.717) is 12.4 Å². The minimum Gasteiger partial charge on any atom is -0.490 e. The van der Waals surface area contributed by atoms with Gasteiger partial charge in [-0.2, -0.15) is 8.78 Å². The molecule has 1 aromatic carbocycles. The van der Waals surface area contributed by atoms with Gasteiger partial charge >= 0.3 is 6.61 Å². The molecular weight excluding hydrogens is 190 g/mol. The molecule has 0 bridgehead atoms. The Morgan fingerprint density at radius 2 is 2.07 bits per heavy atom. The van der Waals surface area contributed by atoms with Gasteiger partial charge in [0.05, 0.1) is 6.61 Å². The van der Waals surface area contributed by atoms with Crippen molar-refractivity contribution in [3.63, 3.8) is 0 Å². The molecule has 0 aliphatic heterocycles. The first-order valence-electron chi connectivity index (χ1n) is 4.32. The van der Waals surface area contributed by atoms with E-state index in [9.17, 15) is 8.78 Å². The van der Waals surface area contributed by atoms with E-state index in [1.807, 2.05) is 0 Å². The number of aryl methyl sites for hydroxylation is 1. The van der Waals surface area contributed by atoms with Gasteiger partial charge in [-0.15, -0.1) is 0 Å². The summed E-state index contributed by atoms with van der Waals surface area (Å²) < 4.78 is 33.5. The Morgan fingerprint density at radius 3 is 2.64 bits per heavy atom. The Kier molecular flexibility index (Phi) is 3.68. The maximum Gasteiger partial charge on any atom is 0.387 e. The smallest absolute Gasteiger partial charge is 0.387 e. The van der Waals surface area contributed by atoms with Crippen LogP contribution in [0.1, 0.15) is 12.5 Å². The summed E-state index contributed by atoms with van der Waals surface area (Å²) in [4.78, 5) is 0. The third-order valence-electron chi connectivity index (χ3n) is 1.68. The third-order valence-corrected chi connectivity index (χ3v) is 1.68. The lowest BCUT2D eigenvalue weighted by atomic mass is 10.2. The molecule has 0 atom stereocenters. The van der Waals surface area contributed by atoms with E-state index >= 15 is 0 Å². The highest BCUT2D eigenvalue weighted by Gasteiger charge is 2.11. The van der Waals surface area contributed by atoms with Crippen molar-refractivity contribution in [2.75, 3.05) is 6.61 Å². The first-order chi connectivity index (χ1) is 6.65. The molecule has 0 radical (unpaired) electrons. The van der Waals surface area contributed by atoms with E-state index in [1.54, 1.807) is 26.0 Å². The van der Waals surface area contributed by atoms with E-state index in [0.717, 1.165) is 5.56 Å². The second kappa shape index (κ2) is 4.79. The topological polar surface area (TPSA) is 18.5 Å². The Bertz CT molecular complexity index is 300. The summed E-state index contributed by atoms with van der Waals surface area (Å²) >= 11 is 0. The van der Waals surface area contributed by atoms with Gasteiger partial charge in [0.15, 0.2) is 11.5 Å². The van der Waals surface area contributed by atoms with Crippen LogP contribution in [0.25, 0.3) is 0 Å². The average molecular weight is 202 g/mol. The van der Waals surface area contributed by atoms with Crippen molar-refractivity contribution in [3.05, 3.63) is 23.8 Å². The lowest BCUT2D eigenvalue weighted by molar-refractivity contribution is -0.0514. The molecule has 1 rings (SSSR count). The zero-order valence-corrected chi connectivity index (χ0v) is 8.09. The zero-order chi connectivity index (χ0) is 10.6. The summed E-state index contributed by atoms with van der Waals surface area (Å²) in [6.07, 6.45) is 0. The molecule has 0 N–H and O–H groups in total. The Labute approximate surface area is 81.4 Å². The van der Waals surface area contributed by atoms with E-state index in [1.165, 1.54) is 6.07 Å². The van der Waals surface area contributed by atoms with Crippen molar-refractivity contribution in [2.24, 2.45) is 0 Å². The van der Waals surface area contributed by atoms with Crippen LogP contribution in [0.3, 0.4) is 0 Å². The standard InChI is InChI=1S/C10H12F2O2/c1-3-13-9-7(2)5-4-6-8(9)14-10(11)12/h4-6,10H,3H2,1-2H3. The monoisotopic (exact) mass is 202 g/mol. The minimum absolute atomic E-state index is 0.0850. The lowest BCUT2D eigenvalue weighted by Gasteiger charge is -2.12. The molecule has 0 spiro atoms. The molecule has 0 aromatic heterocycles. The number of rotatable bonds is 4. The van der Waals surface area contributed by atoms with E-state index < -0.39 is 6.61 Å². The highest BCUT2D eigenvalue weighted by Crippen LogP contribution is 2.31. The fourth-order valence-electron chi connectivity index (χ4n) is 1.14. The van der Waals surface area contributed by atoms with Crippen molar-refractivity contribution in [1.29, 1.82) is 0 Å². The van der Waals surface area contributed by atoms with Crippen molar-refractivity contribution >= 4 is 0 Å². The summed E-state index contributed by atoms with van der Waals surface area (Å²) in [6, 6.07) is 4.89. The van der Waals surface area contributed by atoms with Crippen LogP contribution < -0.4 is 9.47 Å². The molecule has 2 nitrogen and oxygen atoms in total. The highest BCUT2D eigenvalue weighted by molar-refractivity contribution is 5.45. The Morgan fingerprint density at radius 1 is 1.36 bits per heavy atom. The van der Waals surface area contributed by atoms with Crippen molar-refractivity contribution in [3.8, 4) is 11.5 Å². The third kappa shape index (κ3) is 2.58. The van der Waals surface area contributed by atoms with Crippen LogP contribution in [-0.2, 0) is 0 Å². The average Bonchev–Trinajstić information content (AvgIpc) is 2.10. The predicted octanol–water partition coefficient (Wildman–Crippen LogP) is 3.00. The summed E-state index contributed by atoms with van der Waals surface area (Å²) in [5, 5.41) is 0. The van der Waals surface area contributed by atoms with Gasteiger partial charge in [0, 0.05) is 0 Å². The first-order valence-corrected chi connectivity index (χ1v) is 4.32. The van der Waals surface area contributed by atoms with Gasteiger partial charge in [-0.1, -0.05) is 12.1 Å². The molecule has 1 aromatic rings. The summed E-state index contributed by atoms with van der Waals surface area (Å²) in [6.45, 7) is 1.17. The van der Waals surface area contributed by atoms with Crippen molar-refractivity contribution < 1.29 is 18.3 Å². The fraction of sp³-hybridized carbons (Fsp3) is 0.400. The second-order valence-electron chi connectivity index (χ2n) is 2.71. The molecule has 14 heavy (non-hydrogen) atoms. The number of hydrogen-bond acceptors (Lipinski definition) is 2. The molecule has 0 aliphatic rings. The molecule has 0 amide bonds. The van der Waals surface area contributed by atoms with Gasteiger partial charge < -0.3 is 9.47 Å². The molecule has 0 saturated heterocycles. The zero-order valence-electron chi connectivity index (χ0n) is 8.09. The number of benzene rings is 1. The summed E-state index contributed by atoms with van der Waals surface area (Å²) in [5.41, 5.74) is 0.782. The predicted molar refractivity (Wildman–Crippen MR) is 49.0 cm³/mol. The molecular formula is C10H12F2O2. The summed E-state index contributed by atoms with van der Waals surface area (Å²) in [7, 11) is 0. The van der Waals surface area contributed by atoms with Crippen LogP contribution in [0.15, 0.2) is 18.2 Å². The first kappa shape index (κ1) is 10.8. The molecule has 0 aliphatic carbocycles. The SMILES string of the molecule is CCOc1c(C)cccc1OC(F)F. The molecule has 0 unspecified atom stereocenters. The second-order valence-corrected chi connectivity index (χ2v) is 2.71. The van der Waals surface area contributed by atoms with Crippen LogP contribution in [0.2, 0.25) is 0 Å². The quantitative estimate of drug-likeness (QED) is 0.747. The van der Waals surface area contributed by atoms with Crippen LogP contribution in [0.4, 0.5) is 8.78 Å². The van der Waals surface area contributed by atoms with Crippen molar-refractivity contribution in [1.82, 2.24) is 0 Å². The number of halogens is 2. The van der Waals surface area contributed by atoms with E-state index in [4.69, 9.17) is 4.74 Å². The maximum absolute atomic E-state index is 12.0.